The summed E-state index contributed by atoms with van der Waals surface area (Å²) in [5.74, 6) is 0.251. The number of ketones is 1. The standard InChI is InChI=1S/C21H21AsO/c1-22(19-13-7-3-8-14-19,20-15-9-4-10-16-20)17-21(23)18-11-5-2-6-12-18/h2-16,22H,17H2,1H3. The third kappa shape index (κ3) is 3.46. The third-order valence-electron chi connectivity index (χ3n) is 4.43. The van der Waals surface area contributed by atoms with Gasteiger partial charge < -0.3 is 0 Å². The van der Waals surface area contributed by atoms with Crippen molar-refractivity contribution in [1.29, 1.82) is 0 Å². The average molecular weight is 364 g/mol. The van der Waals surface area contributed by atoms with Gasteiger partial charge >= 0.3 is 140 Å². The van der Waals surface area contributed by atoms with Crippen LogP contribution in [0.5, 0.6) is 0 Å². The van der Waals surface area contributed by atoms with Crippen LogP contribution in [-0.2, 0) is 0 Å². The molecule has 0 saturated heterocycles. The first-order chi connectivity index (χ1) is 11.2. The summed E-state index contributed by atoms with van der Waals surface area (Å²) in [6.45, 7) is 0. The van der Waals surface area contributed by atoms with Crippen molar-refractivity contribution < 1.29 is 4.79 Å². The molecule has 0 N–H and O–H groups in total. The Morgan fingerprint density at radius 1 is 0.696 bits per heavy atom. The fraction of sp³-hybridized carbons (Fsp3) is 0.0952. The molecule has 0 aliphatic carbocycles. The molecule has 3 aromatic carbocycles. The molecular formula is C21H21AsO. The van der Waals surface area contributed by atoms with Crippen molar-refractivity contribution in [2.75, 3.05) is 0 Å². The Kier molecular flexibility index (Phi) is 4.78. The van der Waals surface area contributed by atoms with E-state index in [4.69, 9.17) is 0 Å². The summed E-state index contributed by atoms with van der Waals surface area (Å²) < 4.78 is 2.70. The molecule has 116 valence electrons. The first kappa shape index (κ1) is 15.8. The van der Waals surface area contributed by atoms with Crippen LogP contribution in [0.25, 0.3) is 0 Å². The molecule has 1 nitrogen and oxygen atoms in total. The molecule has 0 bridgehead atoms. The van der Waals surface area contributed by atoms with E-state index < -0.39 is 13.6 Å². The van der Waals surface area contributed by atoms with Crippen LogP contribution in [0.2, 0.25) is 10.9 Å². The summed E-state index contributed by atoms with van der Waals surface area (Å²) in [7, 11) is 0. The molecule has 0 aliphatic heterocycles. The topological polar surface area (TPSA) is 17.1 Å². The molecule has 0 aliphatic rings. The Balaban J connectivity index is 2.01. The third-order valence-corrected chi connectivity index (χ3v) is 13.3. The quantitative estimate of drug-likeness (QED) is 0.500. The van der Waals surface area contributed by atoms with Crippen molar-refractivity contribution in [1.82, 2.24) is 0 Å². The van der Waals surface area contributed by atoms with Crippen LogP contribution in [0.4, 0.5) is 0 Å². The van der Waals surface area contributed by atoms with Crippen LogP contribution < -0.4 is 8.70 Å². The zero-order valence-corrected chi connectivity index (χ0v) is 15.4. The first-order valence-electron chi connectivity index (χ1n) is 7.89. The van der Waals surface area contributed by atoms with Crippen LogP contribution in [-0.4, -0.2) is 19.3 Å². The second-order valence-corrected chi connectivity index (χ2v) is 14.8. The van der Waals surface area contributed by atoms with E-state index in [0.717, 1.165) is 5.56 Å². The molecule has 23 heavy (non-hydrogen) atoms. The van der Waals surface area contributed by atoms with E-state index in [2.05, 4.69) is 54.2 Å². The fourth-order valence-electron chi connectivity index (χ4n) is 3.03. The van der Waals surface area contributed by atoms with E-state index >= 15 is 0 Å². The Bertz CT molecular complexity index is 727. The average Bonchev–Trinajstić information content (AvgIpc) is 2.64. The molecule has 3 rings (SSSR count). The number of Topliss-reactive ketones (excluding diaryl/α,β-unsaturated/α-hetero) is 1. The molecule has 0 spiro atoms. The first-order valence-corrected chi connectivity index (χ1v) is 13.6. The molecule has 0 aromatic heterocycles. The van der Waals surface area contributed by atoms with Crippen LogP contribution in [0.1, 0.15) is 10.4 Å². The Hall–Kier alpha value is -2.11. The normalized spacial score (nSPS) is 11.9. The number of carbonyl (C=O) groups is 1. The van der Waals surface area contributed by atoms with Crippen molar-refractivity contribution in [3.05, 3.63) is 96.6 Å². The van der Waals surface area contributed by atoms with E-state index in [9.17, 15) is 4.79 Å². The second-order valence-electron chi connectivity index (χ2n) is 6.03. The van der Waals surface area contributed by atoms with Gasteiger partial charge in [0.1, 0.15) is 0 Å². The van der Waals surface area contributed by atoms with Crippen molar-refractivity contribution in [3.8, 4) is 0 Å². The van der Waals surface area contributed by atoms with Gasteiger partial charge in [0.15, 0.2) is 0 Å². The summed E-state index contributed by atoms with van der Waals surface area (Å²) in [6, 6.07) is 30.8. The zero-order chi connectivity index (χ0) is 16.1. The summed E-state index contributed by atoms with van der Waals surface area (Å²) >= 11 is -2.71. The van der Waals surface area contributed by atoms with Gasteiger partial charge in [-0.1, -0.05) is 0 Å². The van der Waals surface area contributed by atoms with E-state index in [1.165, 1.54) is 8.70 Å². The van der Waals surface area contributed by atoms with Crippen molar-refractivity contribution in [2.45, 2.75) is 10.9 Å². The maximum atomic E-state index is 12.9. The Morgan fingerprint density at radius 3 is 1.52 bits per heavy atom. The molecule has 0 radical (unpaired) electrons. The molecule has 0 amide bonds. The summed E-state index contributed by atoms with van der Waals surface area (Å²) in [5, 5.41) is 0.637. The molecule has 3 aromatic rings. The van der Waals surface area contributed by atoms with Gasteiger partial charge in [0.2, 0.25) is 0 Å². The fourth-order valence-corrected chi connectivity index (χ4v) is 10.3. The van der Waals surface area contributed by atoms with E-state index in [1.54, 1.807) is 0 Å². The van der Waals surface area contributed by atoms with Gasteiger partial charge in [0.25, 0.3) is 0 Å². The predicted molar refractivity (Wildman–Crippen MR) is 101 cm³/mol. The second kappa shape index (κ2) is 6.98. The molecule has 2 heteroatoms. The Labute approximate surface area is 140 Å². The minimum atomic E-state index is -2.71. The van der Waals surface area contributed by atoms with E-state index in [-0.39, 0.29) is 5.78 Å². The van der Waals surface area contributed by atoms with Gasteiger partial charge in [-0.15, -0.1) is 0 Å². The van der Waals surface area contributed by atoms with Gasteiger partial charge in [-0.2, -0.15) is 0 Å². The van der Waals surface area contributed by atoms with Crippen LogP contribution in [0.15, 0.2) is 91.0 Å². The molecule has 0 heterocycles. The summed E-state index contributed by atoms with van der Waals surface area (Å²) in [4.78, 5) is 12.9. The molecule has 0 atom stereocenters. The number of carbonyl (C=O) groups excluding carboxylic acids is 1. The number of hydrogen-bond acceptors (Lipinski definition) is 1. The summed E-state index contributed by atoms with van der Waals surface area (Å²) in [6.07, 6.45) is 0. The molecule has 0 fully saturated rings. The van der Waals surface area contributed by atoms with Crippen LogP contribution in [0, 0.1) is 0 Å². The Morgan fingerprint density at radius 2 is 1.09 bits per heavy atom. The number of rotatable bonds is 5. The minimum absolute atomic E-state index is 0.251. The SMILES string of the molecule is C[AsH](CC(=O)c1ccccc1)(c1ccccc1)c1ccccc1. The van der Waals surface area contributed by atoms with Gasteiger partial charge in [-0.05, 0) is 0 Å². The van der Waals surface area contributed by atoms with Crippen LogP contribution >= 0.6 is 0 Å². The predicted octanol–water partition coefficient (Wildman–Crippen LogP) is 3.49. The van der Waals surface area contributed by atoms with Gasteiger partial charge in [-0.3, -0.25) is 0 Å². The zero-order valence-electron chi connectivity index (χ0n) is 13.3. The monoisotopic (exact) mass is 364 g/mol. The van der Waals surface area contributed by atoms with E-state index in [1.807, 2.05) is 42.5 Å². The van der Waals surface area contributed by atoms with E-state index in [0.29, 0.717) is 5.21 Å². The number of benzene rings is 3. The van der Waals surface area contributed by atoms with Gasteiger partial charge in [0.05, 0.1) is 0 Å². The van der Waals surface area contributed by atoms with Crippen molar-refractivity contribution >= 4 is 28.0 Å². The number of hydrogen-bond donors (Lipinski definition) is 0. The molecule has 0 unspecified atom stereocenters. The van der Waals surface area contributed by atoms with Crippen molar-refractivity contribution in [2.24, 2.45) is 0 Å². The van der Waals surface area contributed by atoms with Gasteiger partial charge in [-0.25, -0.2) is 0 Å². The molecular weight excluding hydrogens is 343 g/mol. The summed E-state index contributed by atoms with van der Waals surface area (Å²) in [5.41, 5.74) is 3.15. The molecule has 0 saturated carbocycles. The van der Waals surface area contributed by atoms with Gasteiger partial charge in [0, 0.05) is 0 Å². The van der Waals surface area contributed by atoms with Crippen LogP contribution in [0.3, 0.4) is 0 Å². The maximum absolute atomic E-state index is 12.9. The van der Waals surface area contributed by atoms with Crippen molar-refractivity contribution in [3.63, 3.8) is 0 Å².